The second kappa shape index (κ2) is 4.04. The summed E-state index contributed by atoms with van der Waals surface area (Å²) in [5.74, 6) is 0. The summed E-state index contributed by atoms with van der Waals surface area (Å²) in [5.41, 5.74) is 1.69. The van der Waals surface area contributed by atoms with Crippen LogP contribution in [0.5, 0.6) is 0 Å². The number of benzene rings is 1. The fourth-order valence-electron chi connectivity index (χ4n) is 1.27. The molecule has 0 bridgehead atoms. The lowest BCUT2D eigenvalue weighted by molar-refractivity contribution is 0.108. The minimum absolute atomic E-state index is 0.360. The van der Waals surface area contributed by atoms with E-state index >= 15 is 0 Å². The van der Waals surface area contributed by atoms with Crippen molar-refractivity contribution in [3.8, 4) is 11.3 Å². The Balaban J connectivity index is 2.49. The summed E-state index contributed by atoms with van der Waals surface area (Å²) in [4.78, 5) is 11.0. The van der Waals surface area contributed by atoms with Gasteiger partial charge in [-0.15, -0.1) is 0 Å². The van der Waals surface area contributed by atoms with Crippen molar-refractivity contribution in [2.75, 3.05) is 0 Å². The van der Waals surface area contributed by atoms with Gasteiger partial charge in [-0.2, -0.15) is 5.10 Å². The number of aromatic nitrogens is 2. The van der Waals surface area contributed by atoms with Crippen LogP contribution in [0.1, 0.15) is 10.4 Å². The summed E-state index contributed by atoms with van der Waals surface area (Å²) < 4.78 is 0. The number of nitrogens with one attached hydrogen (secondary N) is 1. The predicted octanol–water partition coefficient (Wildman–Crippen LogP) is 3.11. The van der Waals surface area contributed by atoms with Gasteiger partial charge in [0.05, 0.1) is 5.56 Å². The molecule has 2 rings (SSSR count). The molecule has 0 fully saturated rings. The molecular weight excluding hydrogens is 235 g/mol. The molecule has 0 aliphatic heterocycles. The molecule has 0 saturated carbocycles. The van der Waals surface area contributed by atoms with E-state index in [4.69, 9.17) is 23.2 Å². The van der Waals surface area contributed by atoms with Gasteiger partial charge in [0.2, 0.25) is 0 Å². The van der Waals surface area contributed by atoms with Crippen molar-refractivity contribution in [1.29, 1.82) is 0 Å². The highest BCUT2D eigenvalue weighted by Crippen LogP contribution is 2.23. The highest BCUT2D eigenvalue weighted by molar-refractivity contribution is 6.68. The van der Waals surface area contributed by atoms with Gasteiger partial charge in [0.15, 0.2) is 0 Å². The van der Waals surface area contributed by atoms with Crippen molar-refractivity contribution in [3.63, 3.8) is 0 Å². The number of H-pyrrole nitrogens is 1. The number of nitrogens with zero attached hydrogens (tertiary/aromatic N) is 1. The van der Waals surface area contributed by atoms with E-state index in [1.54, 1.807) is 24.3 Å². The van der Waals surface area contributed by atoms with Crippen LogP contribution in [-0.4, -0.2) is 15.4 Å². The summed E-state index contributed by atoms with van der Waals surface area (Å²) in [6.07, 6.45) is 1.47. The Morgan fingerprint density at radius 2 is 1.93 bits per heavy atom. The first-order chi connectivity index (χ1) is 7.18. The molecule has 1 N–H and O–H groups in total. The largest absolute Gasteiger partial charge is 0.284 e. The maximum Gasteiger partial charge on any atom is 0.256 e. The Morgan fingerprint density at radius 1 is 1.27 bits per heavy atom. The first-order valence-corrected chi connectivity index (χ1v) is 4.93. The topological polar surface area (TPSA) is 45.8 Å². The highest BCUT2D eigenvalue weighted by atomic mass is 35.5. The van der Waals surface area contributed by atoms with Crippen LogP contribution in [0.2, 0.25) is 5.02 Å². The molecule has 0 unspecified atom stereocenters. The van der Waals surface area contributed by atoms with Crippen LogP contribution in [0.3, 0.4) is 0 Å². The van der Waals surface area contributed by atoms with Gasteiger partial charge in [-0.05, 0) is 23.7 Å². The number of aromatic amines is 1. The first kappa shape index (κ1) is 10.2. The van der Waals surface area contributed by atoms with Gasteiger partial charge < -0.3 is 0 Å². The van der Waals surface area contributed by atoms with Crippen molar-refractivity contribution in [2.45, 2.75) is 0 Å². The second-order valence-corrected chi connectivity index (χ2v) is 3.71. The van der Waals surface area contributed by atoms with Gasteiger partial charge >= 0.3 is 0 Å². The lowest BCUT2D eigenvalue weighted by Gasteiger charge is -1.98. The number of hydrogen-bond donors (Lipinski definition) is 1. The van der Waals surface area contributed by atoms with Crippen LogP contribution in [0, 0.1) is 0 Å². The maximum absolute atomic E-state index is 11.0. The Morgan fingerprint density at radius 3 is 2.53 bits per heavy atom. The van der Waals surface area contributed by atoms with Crippen LogP contribution in [0.4, 0.5) is 0 Å². The van der Waals surface area contributed by atoms with Crippen LogP contribution >= 0.6 is 23.2 Å². The first-order valence-electron chi connectivity index (χ1n) is 4.18. The van der Waals surface area contributed by atoms with E-state index in [0.717, 1.165) is 5.56 Å². The van der Waals surface area contributed by atoms with Crippen LogP contribution in [0.15, 0.2) is 30.5 Å². The predicted molar refractivity (Wildman–Crippen MR) is 59.2 cm³/mol. The van der Waals surface area contributed by atoms with Gasteiger partial charge in [0, 0.05) is 16.8 Å². The molecule has 0 saturated heterocycles. The lowest BCUT2D eigenvalue weighted by Crippen LogP contribution is -1.89. The normalized spacial score (nSPS) is 10.3. The van der Waals surface area contributed by atoms with Gasteiger partial charge in [-0.25, -0.2) is 0 Å². The third-order valence-electron chi connectivity index (χ3n) is 1.97. The van der Waals surface area contributed by atoms with Gasteiger partial charge in [-0.3, -0.25) is 9.89 Å². The van der Waals surface area contributed by atoms with Crippen LogP contribution in [0.25, 0.3) is 11.3 Å². The number of halogens is 2. The molecule has 1 heterocycles. The molecule has 76 valence electrons. The van der Waals surface area contributed by atoms with E-state index in [1.807, 2.05) is 0 Å². The molecular formula is C10H6Cl2N2O. The average molecular weight is 241 g/mol. The molecule has 0 aliphatic rings. The molecule has 0 atom stereocenters. The number of hydrogen-bond acceptors (Lipinski definition) is 2. The molecule has 0 amide bonds. The molecule has 2 aromatic rings. The quantitative estimate of drug-likeness (QED) is 0.821. The van der Waals surface area contributed by atoms with Crippen LogP contribution < -0.4 is 0 Å². The van der Waals surface area contributed by atoms with Gasteiger partial charge in [0.25, 0.3) is 5.24 Å². The van der Waals surface area contributed by atoms with E-state index in [0.29, 0.717) is 16.3 Å². The van der Waals surface area contributed by atoms with E-state index in [1.165, 1.54) is 6.20 Å². The minimum Gasteiger partial charge on any atom is -0.284 e. The Hall–Kier alpha value is -1.32. The van der Waals surface area contributed by atoms with E-state index in [2.05, 4.69) is 10.2 Å². The Labute approximate surface area is 96.0 Å². The summed E-state index contributed by atoms with van der Waals surface area (Å²) in [7, 11) is 0. The number of carbonyl (C=O) groups is 1. The molecule has 5 heteroatoms. The van der Waals surface area contributed by atoms with E-state index < -0.39 is 5.24 Å². The molecule has 0 radical (unpaired) electrons. The van der Waals surface area contributed by atoms with Crippen molar-refractivity contribution in [3.05, 3.63) is 41.0 Å². The maximum atomic E-state index is 11.0. The van der Waals surface area contributed by atoms with Crippen molar-refractivity contribution in [1.82, 2.24) is 10.2 Å². The third kappa shape index (κ3) is 2.03. The summed E-state index contributed by atoms with van der Waals surface area (Å²) in [6, 6.07) is 7.02. The van der Waals surface area contributed by atoms with Gasteiger partial charge in [-0.1, -0.05) is 23.7 Å². The zero-order valence-corrected chi connectivity index (χ0v) is 9.01. The molecule has 1 aromatic heterocycles. The zero-order valence-electron chi connectivity index (χ0n) is 7.50. The fourth-order valence-corrected chi connectivity index (χ4v) is 1.54. The van der Waals surface area contributed by atoms with Crippen molar-refractivity contribution >= 4 is 28.4 Å². The van der Waals surface area contributed by atoms with E-state index in [-0.39, 0.29) is 0 Å². The molecule has 3 nitrogen and oxygen atoms in total. The zero-order chi connectivity index (χ0) is 10.8. The van der Waals surface area contributed by atoms with Crippen molar-refractivity contribution in [2.24, 2.45) is 0 Å². The SMILES string of the molecule is O=C(Cl)c1c[nH]nc1-c1ccc(Cl)cc1. The third-order valence-corrected chi connectivity index (χ3v) is 2.43. The average Bonchev–Trinajstić information content (AvgIpc) is 2.67. The smallest absolute Gasteiger partial charge is 0.256 e. The number of rotatable bonds is 2. The monoisotopic (exact) mass is 240 g/mol. The van der Waals surface area contributed by atoms with Gasteiger partial charge in [0.1, 0.15) is 5.69 Å². The molecule has 0 spiro atoms. The molecule has 0 aliphatic carbocycles. The Kier molecular flexibility index (Phi) is 2.75. The second-order valence-electron chi connectivity index (χ2n) is 2.93. The molecule has 15 heavy (non-hydrogen) atoms. The highest BCUT2D eigenvalue weighted by Gasteiger charge is 2.13. The summed E-state index contributed by atoms with van der Waals surface area (Å²) >= 11 is 11.2. The summed E-state index contributed by atoms with van der Waals surface area (Å²) in [5, 5.41) is 6.67. The fraction of sp³-hybridized carbons (Fsp3) is 0. The lowest BCUT2D eigenvalue weighted by atomic mass is 10.1. The number of carbonyl (C=O) groups excluding carboxylic acids is 1. The standard InChI is InChI=1S/C10H6Cl2N2O/c11-7-3-1-6(2-4-7)9-8(10(12)15)5-13-14-9/h1-5H,(H,13,14). The van der Waals surface area contributed by atoms with E-state index in [9.17, 15) is 4.79 Å². The minimum atomic E-state index is -0.534. The summed E-state index contributed by atoms with van der Waals surface area (Å²) in [6.45, 7) is 0. The molecule has 1 aromatic carbocycles. The van der Waals surface area contributed by atoms with Crippen molar-refractivity contribution < 1.29 is 4.79 Å². The van der Waals surface area contributed by atoms with Crippen LogP contribution in [-0.2, 0) is 0 Å². The Bertz CT molecular complexity index is 490.